The predicted molar refractivity (Wildman–Crippen MR) is 102 cm³/mol. The van der Waals surface area contributed by atoms with Crippen molar-refractivity contribution in [3.8, 4) is 11.4 Å². The molecule has 0 N–H and O–H groups in total. The second kappa shape index (κ2) is 6.23. The van der Waals surface area contributed by atoms with Crippen LogP contribution in [0.25, 0.3) is 22.5 Å². The lowest BCUT2D eigenvalue weighted by Gasteiger charge is -2.15. The van der Waals surface area contributed by atoms with Gasteiger partial charge in [-0.1, -0.05) is 35.5 Å². The zero-order chi connectivity index (χ0) is 19.3. The third-order valence-corrected chi connectivity index (χ3v) is 4.95. The van der Waals surface area contributed by atoms with Crippen LogP contribution in [0.2, 0.25) is 0 Å². The molecular formula is C21H17N5O2. The Hall–Kier alpha value is -3.61. The van der Waals surface area contributed by atoms with Crippen LogP contribution in [0.3, 0.4) is 0 Å². The SMILES string of the molecule is Cc1cc(C(=O)N2Cc3cnc(-c4ccccc4)nc3C2)c2c(C)noc2n1. The van der Waals surface area contributed by atoms with Crippen molar-refractivity contribution in [3.63, 3.8) is 0 Å². The Morgan fingerprint density at radius 3 is 2.75 bits per heavy atom. The highest BCUT2D eigenvalue weighted by Crippen LogP contribution is 2.28. The van der Waals surface area contributed by atoms with Crippen molar-refractivity contribution in [2.24, 2.45) is 0 Å². The molecular weight excluding hydrogens is 354 g/mol. The Bertz CT molecular complexity index is 1220. The van der Waals surface area contributed by atoms with Gasteiger partial charge in [-0.15, -0.1) is 0 Å². The highest BCUT2D eigenvalue weighted by Gasteiger charge is 2.29. The number of rotatable bonds is 2. The van der Waals surface area contributed by atoms with Crippen LogP contribution in [0.15, 0.2) is 47.1 Å². The van der Waals surface area contributed by atoms with Gasteiger partial charge in [0.25, 0.3) is 11.6 Å². The lowest BCUT2D eigenvalue weighted by atomic mass is 10.1. The summed E-state index contributed by atoms with van der Waals surface area (Å²) in [6.07, 6.45) is 1.82. The molecule has 3 aromatic heterocycles. The van der Waals surface area contributed by atoms with E-state index in [1.165, 1.54) is 0 Å². The van der Waals surface area contributed by atoms with Crippen molar-refractivity contribution >= 4 is 17.0 Å². The van der Waals surface area contributed by atoms with E-state index in [4.69, 9.17) is 4.52 Å². The number of pyridine rings is 1. The molecule has 4 heterocycles. The number of fused-ring (bicyclic) bond motifs is 2. The summed E-state index contributed by atoms with van der Waals surface area (Å²) in [4.78, 5) is 28.5. The summed E-state index contributed by atoms with van der Waals surface area (Å²) >= 11 is 0. The van der Waals surface area contributed by atoms with E-state index in [0.29, 0.717) is 41.3 Å². The first-order chi connectivity index (χ1) is 13.6. The standard InChI is InChI=1S/C21H17N5O2/c1-12-8-16(18-13(2)25-28-20(18)23-12)21(27)26-10-15-9-22-19(24-17(15)11-26)14-6-4-3-5-7-14/h3-9H,10-11H2,1-2H3. The van der Waals surface area contributed by atoms with E-state index in [0.717, 1.165) is 22.5 Å². The van der Waals surface area contributed by atoms with Gasteiger partial charge in [0, 0.05) is 29.6 Å². The Balaban J connectivity index is 1.49. The van der Waals surface area contributed by atoms with Crippen molar-refractivity contribution in [3.05, 3.63) is 70.8 Å². The molecule has 0 saturated carbocycles. The minimum atomic E-state index is -0.0824. The number of hydrogen-bond donors (Lipinski definition) is 0. The first-order valence-corrected chi connectivity index (χ1v) is 9.03. The molecule has 0 aliphatic carbocycles. The number of aromatic nitrogens is 4. The molecule has 0 spiro atoms. The van der Waals surface area contributed by atoms with Crippen molar-refractivity contribution in [1.29, 1.82) is 0 Å². The fraction of sp³-hybridized carbons (Fsp3) is 0.190. The summed E-state index contributed by atoms with van der Waals surface area (Å²) in [7, 11) is 0. The summed E-state index contributed by atoms with van der Waals surface area (Å²) in [6, 6.07) is 11.6. The monoisotopic (exact) mass is 371 g/mol. The molecule has 0 saturated heterocycles. The number of carbonyl (C=O) groups is 1. The van der Waals surface area contributed by atoms with E-state index in [2.05, 4.69) is 20.1 Å². The number of aryl methyl sites for hydroxylation is 2. The Labute approximate surface area is 161 Å². The lowest BCUT2D eigenvalue weighted by molar-refractivity contribution is 0.0752. The molecule has 28 heavy (non-hydrogen) atoms. The third kappa shape index (κ3) is 2.63. The lowest BCUT2D eigenvalue weighted by Crippen LogP contribution is -2.25. The molecule has 7 nitrogen and oxygen atoms in total. The zero-order valence-electron chi connectivity index (χ0n) is 15.5. The molecule has 0 bridgehead atoms. The quantitative estimate of drug-likeness (QED) is 0.536. The number of carbonyl (C=O) groups excluding carboxylic acids is 1. The minimum absolute atomic E-state index is 0.0824. The molecule has 7 heteroatoms. The van der Waals surface area contributed by atoms with Gasteiger partial charge in [0.1, 0.15) is 0 Å². The maximum absolute atomic E-state index is 13.3. The molecule has 1 aliphatic heterocycles. The molecule has 0 unspecified atom stereocenters. The van der Waals surface area contributed by atoms with Crippen LogP contribution in [0.1, 0.15) is 33.0 Å². The van der Waals surface area contributed by atoms with Gasteiger partial charge in [-0.05, 0) is 19.9 Å². The Morgan fingerprint density at radius 2 is 1.93 bits per heavy atom. The summed E-state index contributed by atoms with van der Waals surface area (Å²) in [6.45, 7) is 4.58. The summed E-state index contributed by atoms with van der Waals surface area (Å²) in [5.74, 6) is 0.590. The molecule has 4 aromatic rings. The van der Waals surface area contributed by atoms with Crippen LogP contribution >= 0.6 is 0 Å². The molecule has 5 rings (SSSR count). The van der Waals surface area contributed by atoms with Gasteiger partial charge >= 0.3 is 0 Å². The van der Waals surface area contributed by atoms with Crippen LogP contribution in [-0.2, 0) is 13.1 Å². The molecule has 0 atom stereocenters. The number of nitrogens with zero attached hydrogens (tertiary/aromatic N) is 5. The highest BCUT2D eigenvalue weighted by molar-refractivity contribution is 6.06. The maximum Gasteiger partial charge on any atom is 0.258 e. The Kier molecular flexibility index (Phi) is 3.68. The van der Waals surface area contributed by atoms with Crippen LogP contribution in [0.4, 0.5) is 0 Å². The average molecular weight is 371 g/mol. The minimum Gasteiger partial charge on any atom is -0.336 e. The first kappa shape index (κ1) is 16.6. The van der Waals surface area contributed by atoms with Crippen LogP contribution in [-0.4, -0.2) is 30.9 Å². The molecule has 1 aromatic carbocycles. The van der Waals surface area contributed by atoms with Crippen molar-refractivity contribution in [2.45, 2.75) is 26.9 Å². The second-order valence-corrected chi connectivity index (χ2v) is 6.95. The molecule has 1 aliphatic rings. The van der Waals surface area contributed by atoms with Gasteiger partial charge < -0.3 is 9.42 Å². The van der Waals surface area contributed by atoms with E-state index < -0.39 is 0 Å². The summed E-state index contributed by atoms with van der Waals surface area (Å²) in [5.41, 5.74) is 5.14. The van der Waals surface area contributed by atoms with Gasteiger partial charge in [0.15, 0.2) is 5.82 Å². The van der Waals surface area contributed by atoms with Crippen LogP contribution < -0.4 is 0 Å². The van der Waals surface area contributed by atoms with Gasteiger partial charge in [-0.25, -0.2) is 15.0 Å². The van der Waals surface area contributed by atoms with Gasteiger partial charge in [-0.2, -0.15) is 0 Å². The smallest absolute Gasteiger partial charge is 0.258 e. The van der Waals surface area contributed by atoms with Crippen molar-refractivity contribution < 1.29 is 9.32 Å². The number of amides is 1. The molecule has 0 radical (unpaired) electrons. The molecule has 1 amide bonds. The first-order valence-electron chi connectivity index (χ1n) is 9.03. The fourth-order valence-electron chi connectivity index (χ4n) is 3.58. The van der Waals surface area contributed by atoms with Crippen LogP contribution in [0.5, 0.6) is 0 Å². The predicted octanol–water partition coefficient (Wildman–Crippen LogP) is 3.45. The average Bonchev–Trinajstić information content (AvgIpc) is 3.30. The van der Waals surface area contributed by atoms with Crippen LogP contribution in [0, 0.1) is 13.8 Å². The zero-order valence-corrected chi connectivity index (χ0v) is 15.5. The van der Waals surface area contributed by atoms with E-state index in [1.807, 2.05) is 50.4 Å². The van der Waals surface area contributed by atoms with E-state index in [-0.39, 0.29) is 5.91 Å². The molecule has 138 valence electrons. The number of hydrogen-bond acceptors (Lipinski definition) is 6. The topological polar surface area (TPSA) is 85.0 Å². The van der Waals surface area contributed by atoms with E-state index >= 15 is 0 Å². The highest BCUT2D eigenvalue weighted by atomic mass is 16.5. The fourth-order valence-corrected chi connectivity index (χ4v) is 3.58. The largest absolute Gasteiger partial charge is 0.336 e. The van der Waals surface area contributed by atoms with Crippen molar-refractivity contribution in [1.82, 2.24) is 25.0 Å². The molecule has 0 fully saturated rings. The van der Waals surface area contributed by atoms with Gasteiger partial charge in [-0.3, -0.25) is 4.79 Å². The van der Waals surface area contributed by atoms with E-state index in [1.54, 1.807) is 11.0 Å². The Morgan fingerprint density at radius 1 is 1.11 bits per heavy atom. The van der Waals surface area contributed by atoms with E-state index in [9.17, 15) is 4.79 Å². The summed E-state index contributed by atoms with van der Waals surface area (Å²) < 4.78 is 5.26. The van der Waals surface area contributed by atoms with Gasteiger partial charge in [0.2, 0.25) is 0 Å². The number of benzene rings is 1. The van der Waals surface area contributed by atoms with Gasteiger partial charge in [0.05, 0.1) is 28.9 Å². The maximum atomic E-state index is 13.3. The summed E-state index contributed by atoms with van der Waals surface area (Å²) in [5, 5.41) is 4.63. The van der Waals surface area contributed by atoms with Crippen molar-refractivity contribution in [2.75, 3.05) is 0 Å². The third-order valence-electron chi connectivity index (χ3n) is 4.95. The second-order valence-electron chi connectivity index (χ2n) is 6.95. The normalized spacial score (nSPS) is 13.1.